The molecule has 1 amide bonds. The maximum absolute atomic E-state index is 13.6. The first-order chi connectivity index (χ1) is 14.3. The van der Waals surface area contributed by atoms with Crippen molar-refractivity contribution in [2.45, 2.75) is 46.6 Å². The van der Waals surface area contributed by atoms with Gasteiger partial charge in [-0.25, -0.2) is 4.98 Å². The van der Waals surface area contributed by atoms with Gasteiger partial charge < -0.3 is 15.0 Å². The number of halogens is 2. The lowest BCUT2D eigenvalue weighted by Gasteiger charge is -2.39. The number of anilines is 1. The van der Waals surface area contributed by atoms with Gasteiger partial charge in [0.15, 0.2) is 0 Å². The molecule has 31 heavy (non-hydrogen) atoms. The van der Waals surface area contributed by atoms with E-state index in [4.69, 9.17) is 16.3 Å². The third-order valence-electron chi connectivity index (χ3n) is 5.35. The second-order valence-corrected chi connectivity index (χ2v) is 9.12. The normalized spacial score (nSPS) is 18.5. The number of pyridine rings is 1. The number of nitrogens with zero attached hydrogens (tertiary/aromatic N) is 2. The lowest BCUT2D eigenvalue weighted by molar-refractivity contribution is 0.0560. The van der Waals surface area contributed by atoms with Gasteiger partial charge in [0, 0.05) is 29.8 Å². The Hall–Kier alpha value is -1.98. The molecule has 2 aromatic rings. The first-order valence-corrected chi connectivity index (χ1v) is 11.1. The minimum atomic E-state index is -0.0215. The Morgan fingerprint density at radius 2 is 2.06 bits per heavy atom. The van der Waals surface area contributed by atoms with Crippen LogP contribution in [0.15, 0.2) is 36.4 Å². The van der Waals surface area contributed by atoms with Crippen molar-refractivity contribution in [2.75, 3.05) is 25.0 Å². The highest BCUT2D eigenvalue weighted by atomic mass is 35.5. The van der Waals surface area contributed by atoms with E-state index in [-0.39, 0.29) is 24.4 Å². The summed E-state index contributed by atoms with van der Waals surface area (Å²) in [5.74, 6) is 2.25. The van der Waals surface area contributed by atoms with Gasteiger partial charge in [-0.05, 0) is 61.9 Å². The zero-order chi connectivity index (χ0) is 21.7. The number of likely N-dealkylation sites (tertiary alicyclic amines) is 1. The lowest BCUT2D eigenvalue weighted by atomic mass is 9.93. The zero-order valence-electron chi connectivity index (χ0n) is 18.7. The second kappa shape index (κ2) is 11.6. The summed E-state index contributed by atoms with van der Waals surface area (Å²) in [4.78, 5) is 20.1. The molecule has 0 radical (unpaired) electrons. The summed E-state index contributed by atoms with van der Waals surface area (Å²) in [7, 11) is 0. The number of amides is 1. The number of nitrogens with one attached hydrogen (secondary N) is 1. The largest absolute Gasteiger partial charge is 0.492 e. The standard InChI is InChI=1S/C24H32ClN3O2.ClH/c1-16(2)15-30-22-11-9-19(25)12-21(22)24(29)28-14-17(3)8-10-20(28)13-26-23-7-5-6-18(4)27-23;/h5-7,9,11-12,16-17,20H,8,10,13-15H2,1-4H3,(H,26,27);1H/t17-,20-;/m0./s1. The third kappa shape index (κ3) is 7.01. The van der Waals surface area contributed by atoms with Crippen molar-refractivity contribution in [2.24, 2.45) is 11.8 Å². The number of ether oxygens (including phenoxy) is 1. The molecule has 1 N–H and O–H groups in total. The number of benzene rings is 1. The summed E-state index contributed by atoms with van der Waals surface area (Å²) in [5, 5.41) is 3.95. The molecular formula is C24H33Cl2N3O2. The van der Waals surface area contributed by atoms with Crippen LogP contribution in [-0.4, -0.2) is 41.5 Å². The number of carbonyl (C=O) groups excluding carboxylic acids is 1. The number of carbonyl (C=O) groups is 1. The van der Waals surface area contributed by atoms with Gasteiger partial charge in [0.2, 0.25) is 0 Å². The van der Waals surface area contributed by atoms with Gasteiger partial charge in [0.05, 0.1) is 12.2 Å². The van der Waals surface area contributed by atoms with E-state index in [1.54, 1.807) is 18.2 Å². The minimum Gasteiger partial charge on any atom is -0.492 e. The summed E-state index contributed by atoms with van der Waals surface area (Å²) in [6.45, 7) is 10.3. The minimum absolute atomic E-state index is 0. The van der Waals surface area contributed by atoms with Crippen LogP contribution in [0, 0.1) is 18.8 Å². The van der Waals surface area contributed by atoms with Crippen LogP contribution in [0.2, 0.25) is 5.02 Å². The summed E-state index contributed by atoms with van der Waals surface area (Å²) in [6, 6.07) is 11.3. The molecule has 0 saturated carbocycles. The van der Waals surface area contributed by atoms with Crippen LogP contribution in [-0.2, 0) is 0 Å². The maximum atomic E-state index is 13.6. The average Bonchev–Trinajstić information content (AvgIpc) is 2.71. The van der Waals surface area contributed by atoms with Crippen molar-refractivity contribution in [3.8, 4) is 5.75 Å². The Labute approximate surface area is 196 Å². The van der Waals surface area contributed by atoms with E-state index in [0.717, 1.165) is 30.9 Å². The molecule has 2 heterocycles. The van der Waals surface area contributed by atoms with Gasteiger partial charge in [-0.3, -0.25) is 4.79 Å². The monoisotopic (exact) mass is 465 g/mol. The molecule has 7 heteroatoms. The molecular weight excluding hydrogens is 433 g/mol. The van der Waals surface area contributed by atoms with E-state index in [1.165, 1.54) is 0 Å². The fourth-order valence-corrected chi connectivity index (χ4v) is 3.91. The van der Waals surface area contributed by atoms with Crippen molar-refractivity contribution in [3.63, 3.8) is 0 Å². The first-order valence-electron chi connectivity index (χ1n) is 10.7. The van der Waals surface area contributed by atoms with E-state index in [9.17, 15) is 4.79 Å². The Bertz CT molecular complexity index is 876. The van der Waals surface area contributed by atoms with E-state index in [1.807, 2.05) is 30.0 Å². The highest BCUT2D eigenvalue weighted by molar-refractivity contribution is 6.31. The second-order valence-electron chi connectivity index (χ2n) is 8.68. The van der Waals surface area contributed by atoms with Crippen LogP contribution in [0.4, 0.5) is 5.82 Å². The fourth-order valence-electron chi connectivity index (χ4n) is 3.74. The summed E-state index contributed by atoms with van der Waals surface area (Å²) in [5.41, 5.74) is 1.51. The van der Waals surface area contributed by atoms with Crippen LogP contribution < -0.4 is 10.1 Å². The Balaban J connectivity index is 0.00000341. The summed E-state index contributed by atoms with van der Waals surface area (Å²) < 4.78 is 5.94. The van der Waals surface area contributed by atoms with Crippen molar-refractivity contribution < 1.29 is 9.53 Å². The molecule has 0 aliphatic carbocycles. The van der Waals surface area contributed by atoms with Gasteiger partial charge in [-0.1, -0.05) is 38.4 Å². The zero-order valence-corrected chi connectivity index (χ0v) is 20.3. The molecule has 1 aliphatic heterocycles. The third-order valence-corrected chi connectivity index (χ3v) is 5.59. The van der Waals surface area contributed by atoms with Gasteiger partial charge >= 0.3 is 0 Å². The predicted molar refractivity (Wildman–Crippen MR) is 130 cm³/mol. The van der Waals surface area contributed by atoms with E-state index in [2.05, 4.69) is 31.1 Å². The Morgan fingerprint density at radius 1 is 1.29 bits per heavy atom. The number of hydrogen-bond donors (Lipinski definition) is 1. The van der Waals surface area contributed by atoms with Crippen LogP contribution in [0.1, 0.15) is 49.7 Å². The average molecular weight is 466 g/mol. The lowest BCUT2D eigenvalue weighted by Crippen LogP contribution is -2.49. The van der Waals surface area contributed by atoms with E-state index in [0.29, 0.717) is 41.3 Å². The van der Waals surface area contributed by atoms with E-state index < -0.39 is 0 Å². The van der Waals surface area contributed by atoms with Gasteiger partial charge in [0.25, 0.3) is 5.91 Å². The topological polar surface area (TPSA) is 54.5 Å². The number of piperidine rings is 1. The SMILES string of the molecule is Cc1cccc(NC[C@@H]2CC[C@H](C)CN2C(=O)c2cc(Cl)ccc2OCC(C)C)n1.Cl. The van der Waals surface area contributed by atoms with Crippen molar-refractivity contribution in [3.05, 3.63) is 52.7 Å². The maximum Gasteiger partial charge on any atom is 0.257 e. The molecule has 0 unspecified atom stereocenters. The van der Waals surface area contributed by atoms with Crippen molar-refractivity contribution in [1.82, 2.24) is 9.88 Å². The number of rotatable bonds is 7. The van der Waals surface area contributed by atoms with Crippen LogP contribution in [0.25, 0.3) is 0 Å². The number of hydrogen-bond acceptors (Lipinski definition) is 4. The molecule has 1 saturated heterocycles. The van der Waals surface area contributed by atoms with Crippen LogP contribution in [0.3, 0.4) is 0 Å². The molecule has 1 fully saturated rings. The molecule has 2 atom stereocenters. The molecule has 1 aromatic carbocycles. The van der Waals surface area contributed by atoms with Gasteiger partial charge in [0.1, 0.15) is 11.6 Å². The molecule has 1 aromatic heterocycles. The number of aryl methyl sites for hydroxylation is 1. The van der Waals surface area contributed by atoms with E-state index >= 15 is 0 Å². The molecule has 0 spiro atoms. The predicted octanol–water partition coefficient (Wildman–Crippen LogP) is 5.85. The fraction of sp³-hybridized carbons (Fsp3) is 0.500. The Morgan fingerprint density at radius 3 is 2.77 bits per heavy atom. The molecule has 1 aliphatic rings. The van der Waals surface area contributed by atoms with Gasteiger partial charge in [-0.2, -0.15) is 0 Å². The summed E-state index contributed by atoms with van der Waals surface area (Å²) in [6.07, 6.45) is 2.05. The first kappa shape index (κ1) is 25.3. The molecule has 5 nitrogen and oxygen atoms in total. The molecule has 0 bridgehead atoms. The molecule has 170 valence electrons. The Kier molecular flexibility index (Phi) is 9.45. The van der Waals surface area contributed by atoms with Gasteiger partial charge in [-0.15, -0.1) is 12.4 Å². The van der Waals surface area contributed by atoms with Crippen LogP contribution >= 0.6 is 24.0 Å². The van der Waals surface area contributed by atoms with Crippen LogP contribution in [0.5, 0.6) is 5.75 Å². The molecule has 3 rings (SSSR count). The highest BCUT2D eigenvalue weighted by Gasteiger charge is 2.32. The van der Waals surface area contributed by atoms with Crippen molar-refractivity contribution >= 4 is 35.7 Å². The van der Waals surface area contributed by atoms with Crippen molar-refractivity contribution in [1.29, 1.82) is 0 Å². The highest BCUT2D eigenvalue weighted by Crippen LogP contribution is 2.29. The quantitative estimate of drug-likeness (QED) is 0.556. The smallest absolute Gasteiger partial charge is 0.257 e. The summed E-state index contributed by atoms with van der Waals surface area (Å²) >= 11 is 6.24. The number of aromatic nitrogens is 1.